The maximum atomic E-state index is 11.3. The van der Waals surface area contributed by atoms with Crippen molar-refractivity contribution in [2.45, 2.75) is 38.2 Å². The molecule has 1 fully saturated rings. The molecule has 5 heteroatoms. The Morgan fingerprint density at radius 1 is 1.32 bits per heavy atom. The van der Waals surface area contributed by atoms with Gasteiger partial charge in [0.1, 0.15) is 5.56 Å². The lowest BCUT2D eigenvalue weighted by Crippen LogP contribution is -2.21. The molecule has 0 unspecified atom stereocenters. The van der Waals surface area contributed by atoms with Gasteiger partial charge in [-0.25, -0.2) is 4.79 Å². The average Bonchev–Trinajstić information content (AvgIpc) is 2.41. The highest BCUT2D eigenvalue weighted by Gasteiger charge is 2.23. The first-order valence-electron chi connectivity index (χ1n) is 6.39. The van der Waals surface area contributed by atoms with E-state index in [1.165, 1.54) is 19.6 Å². The zero-order chi connectivity index (χ0) is 13.8. The molecular formula is C14H17ClO4. The van der Waals surface area contributed by atoms with Gasteiger partial charge in [0.25, 0.3) is 0 Å². The normalized spacial score (nSPS) is 16.1. The van der Waals surface area contributed by atoms with Crippen LogP contribution in [0.3, 0.4) is 0 Å². The monoisotopic (exact) mass is 284 g/mol. The van der Waals surface area contributed by atoms with Crippen LogP contribution in [-0.4, -0.2) is 24.3 Å². The van der Waals surface area contributed by atoms with Crippen LogP contribution in [-0.2, 0) is 0 Å². The lowest BCUT2D eigenvalue weighted by atomic mass is 9.97. The van der Waals surface area contributed by atoms with E-state index in [0.29, 0.717) is 10.8 Å². The van der Waals surface area contributed by atoms with Crippen molar-refractivity contribution in [3.05, 3.63) is 22.7 Å². The van der Waals surface area contributed by atoms with Crippen LogP contribution in [0.2, 0.25) is 5.02 Å². The van der Waals surface area contributed by atoms with E-state index in [1.807, 2.05) is 0 Å². The molecule has 2 rings (SSSR count). The third-order valence-corrected chi connectivity index (χ3v) is 3.52. The minimum absolute atomic E-state index is 0.0509. The van der Waals surface area contributed by atoms with Gasteiger partial charge in [-0.2, -0.15) is 0 Å². The number of rotatable bonds is 4. The van der Waals surface area contributed by atoms with E-state index in [0.717, 1.165) is 25.7 Å². The highest BCUT2D eigenvalue weighted by molar-refractivity contribution is 6.31. The summed E-state index contributed by atoms with van der Waals surface area (Å²) in [5.41, 5.74) is 0.0509. The van der Waals surface area contributed by atoms with Crippen LogP contribution in [0.25, 0.3) is 0 Å². The lowest BCUT2D eigenvalue weighted by Gasteiger charge is -2.24. The van der Waals surface area contributed by atoms with Crippen LogP contribution in [0.5, 0.6) is 11.5 Å². The predicted molar refractivity (Wildman–Crippen MR) is 72.5 cm³/mol. The summed E-state index contributed by atoms with van der Waals surface area (Å²) < 4.78 is 11.0. The van der Waals surface area contributed by atoms with Crippen molar-refractivity contribution in [2.75, 3.05) is 7.11 Å². The van der Waals surface area contributed by atoms with Crippen LogP contribution in [0.1, 0.15) is 42.5 Å². The Balaban J connectivity index is 2.32. The molecule has 1 N–H and O–H groups in total. The molecule has 0 radical (unpaired) electrons. The maximum absolute atomic E-state index is 11.3. The summed E-state index contributed by atoms with van der Waals surface area (Å²) in [6.07, 6.45) is 5.40. The van der Waals surface area contributed by atoms with E-state index in [4.69, 9.17) is 21.1 Å². The second-order valence-electron chi connectivity index (χ2n) is 4.67. The SMILES string of the molecule is COc1cc(Cl)cc(C(=O)O)c1OC1CCCCC1. The number of hydrogen-bond acceptors (Lipinski definition) is 3. The molecule has 0 aliphatic heterocycles. The van der Waals surface area contributed by atoms with Gasteiger partial charge in [0.2, 0.25) is 0 Å². The maximum Gasteiger partial charge on any atom is 0.339 e. The van der Waals surface area contributed by atoms with Gasteiger partial charge in [0.15, 0.2) is 11.5 Å². The number of carboxylic acids is 1. The first-order chi connectivity index (χ1) is 9.11. The quantitative estimate of drug-likeness (QED) is 0.915. The minimum atomic E-state index is -1.06. The van der Waals surface area contributed by atoms with E-state index in [2.05, 4.69) is 0 Å². The van der Waals surface area contributed by atoms with Gasteiger partial charge in [-0.1, -0.05) is 18.0 Å². The molecule has 0 heterocycles. The first-order valence-corrected chi connectivity index (χ1v) is 6.77. The van der Waals surface area contributed by atoms with E-state index in [1.54, 1.807) is 6.07 Å². The third-order valence-electron chi connectivity index (χ3n) is 3.31. The lowest BCUT2D eigenvalue weighted by molar-refractivity contribution is 0.0684. The standard InChI is InChI=1S/C14H17ClO4/c1-18-12-8-9(15)7-11(14(16)17)13(12)19-10-5-3-2-4-6-10/h7-8,10H,2-6H2,1H3,(H,16,17). The van der Waals surface area contributed by atoms with E-state index in [9.17, 15) is 9.90 Å². The second kappa shape index (κ2) is 6.15. The smallest absolute Gasteiger partial charge is 0.339 e. The minimum Gasteiger partial charge on any atom is -0.493 e. The highest BCUT2D eigenvalue weighted by Crippen LogP contribution is 2.37. The molecule has 104 valence electrons. The Hall–Kier alpha value is -1.42. The fraction of sp³-hybridized carbons (Fsp3) is 0.500. The van der Waals surface area contributed by atoms with Crippen molar-refractivity contribution in [2.24, 2.45) is 0 Å². The Bertz CT molecular complexity index is 467. The number of ether oxygens (including phenoxy) is 2. The second-order valence-corrected chi connectivity index (χ2v) is 5.10. The number of carboxylic acid groups (broad SMARTS) is 1. The van der Waals surface area contributed by atoms with Crippen LogP contribution in [0.4, 0.5) is 0 Å². The molecule has 1 aliphatic carbocycles. The summed E-state index contributed by atoms with van der Waals surface area (Å²) in [5, 5.41) is 9.57. The highest BCUT2D eigenvalue weighted by atomic mass is 35.5. The van der Waals surface area contributed by atoms with Crippen molar-refractivity contribution in [1.29, 1.82) is 0 Å². The van der Waals surface area contributed by atoms with Gasteiger partial charge in [-0.15, -0.1) is 0 Å². The van der Waals surface area contributed by atoms with Crippen molar-refractivity contribution in [3.63, 3.8) is 0 Å². The molecule has 4 nitrogen and oxygen atoms in total. The van der Waals surface area contributed by atoms with Gasteiger partial charge in [0, 0.05) is 11.1 Å². The first kappa shape index (κ1) is 14.0. The number of hydrogen-bond donors (Lipinski definition) is 1. The Morgan fingerprint density at radius 2 is 2.00 bits per heavy atom. The summed E-state index contributed by atoms with van der Waals surface area (Å²) in [4.78, 5) is 11.3. The summed E-state index contributed by atoms with van der Waals surface area (Å²) in [7, 11) is 1.48. The molecule has 0 aromatic heterocycles. The molecule has 1 aromatic carbocycles. The van der Waals surface area contributed by atoms with Gasteiger partial charge >= 0.3 is 5.97 Å². The Labute approximate surface area is 117 Å². The molecule has 1 aliphatic rings. The van der Waals surface area contributed by atoms with E-state index in [-0.39, 0.29) is 17.4 Å². The topological polar surface area (TPSA) is 55.8 Å². The number of aromatic carboxylic acids is 1. The molecule has 0 saturated heterocycles. The fourth-order valence-electron chi connectivity index (χ4n) is 2.35. The largest absolute Gasteiger partial charge is 0.493 e. The van der Waals surface area contributed by atoms with Gasteiger partial charge < -0.3 is 14.6 Å². The van der Waals surface area contributed by atoms with E-state index < -0.39 is 5.97 Å². The molecule has 0 atom stereocenters. The van der Waals surface area contributed by atoms with Crippen molar-refractivity contribution in [1.82, 2.24) is 0 Å². The molecular weight excluding hydrogens is 268 g/mol. The van der Waals surface area contributed by atoms with Crippen molar-refractivity contribution in [3.8, 4) is 11.5 Å². The Morgan fingerprint density at radius 3 is 2.58 bits per heavy atom. The van der Waals surface area contributed by atoms with Gasteiger partial charge in [0.05, 0.1) is 13.2 Å². The molecule has 0 spiro atoms. The number of carbonyl (C=O) groups is 1. The number of methoxy groups -OCH3 is 1. The molecule has 1 aromatic rings. The summed E-state index contributed by atoms with van der Waals surface area (Å²) >= 11 is 5.89. The predicted octanol–water partition coefficient (Wildman–Crippen LogP) is 3.76. The summed E-state index contributed by atoms with van der Waals surface area (Å²) in [6, 6.07) is 2.97. The summed E-state index contributed by atoms with van der Waals surface area (Å²) in [5.74, 6) is -0.409. The zero-order valence-electron chi connectivity index (χ0n) is 10.8. The van der Waals surface area contributed by atoms with Crippen LogP contribution >= 0.6 is 11.6 Å². The van der Waals surface area contributed by atoms with Crippen LogP contribution < -0.4 is 9.47 Å². The fourth-order valence-corrected chi connectivity index (χ4v) is 2.56. The summed E-state index contributed by atoms with van der Waals surface area (Å²) in [6.45, 7) is 0. The van der Waals surface area contributed by atoms with Crippen LogP contribution in [0.15, 0.2) is 12.1 Å². The average molecular weight is 285 g/mol. The molecule has 1 saturated carbocycles. The van der Waals surface area contributed by atoms with Crippen molar-refractivity contribution >= 4 is 17.6 Å². The van der Waals surface area contributed by atoms with Gasteiger partial charge in [-0.05, 0) is 31.7 Å². The zero-order valence-corrected chi connectivity index (χ0v) is 11.6. The Kier molecular flexibility index (Phi) is 4.53. The molecule has 19 heavy (non-hydrogen) atoms. The number of halogens is 1. The molecule has 0 amide bonds. The van der Waals surface area contributed by atoms with E-state index >= 15 is 0 Å². The van der Waals surface area contributed by atoms with Crippen molar-refractivity contribution < 1.29 is 19.4 Å². The molecule has 0 bridgehead atoms. The number of benzene rings is 1. The third kappa shape index (κ3) is 3.32. The van der Waals surface area contributed by atoms with Crippen LogP contribution in [0, 0.1) is 0 Å². The van der Waals surface area contributed by atoms with Gasteiger partial charge in [-0.3, -0.25) is 0 Å².